The molecule has 1 heterocycles. The van der Waals surface area contributed by atoms with Crippen molar-refractivity contribution in [1.29, 1.82) is 0 Å². The third kappa shape index (κ3) is 4.28. The zero-order chi connectivity index (χ0) is 12.0. The van der Waals surface area contributed by atoms with Crippen LogP contribution in [0.3, 0.4) is 0 Å². The van der Waals surface area contributed by atoms with Crippen molar-refractivity contribution in [2.45, 2.75) is 38.8 Å². The van der Waals surface area contributed by atoms with E-state index in [0.29, 0.717) is 6.04 Å². The van der Waals surface area contributed by atoms with E-state index in [0.717, 1.165) is 37.5 Å². The predicted octanol–water partition coefficient (Wildman–Crippen LogP) is 1.06. The molecule has 1 aromatic rings. The molecule has 0 aliphatic rings. The summed E-state index contributed by atoms with van der Waals surface area (Å²) < 4.78 is 5.22. The molecule has 1 rings (SSSR count). The minimum atomic E-state index is 0.428. The molecule has 0 spiro atoms. The molecule has 0 bridgehead atoms. The maximum atomic E-state index is 5.22. The fourth-order valence-electron chi connectivity index (χ4n) is 1.63. The molecule has 0 saturated carbocycles. The molecular weight excluding hydrogens is 204 g/mol. The Morgan fingerprint density at radius 1 is 1.44 bits per heavy atom. The first-order valence-corrected chi connectivity index (χ1v) is 5.79. The van der Waals surface area contributed by atoms with Crippen LogP contribution in [-0.4, -0.2) is 42.2 Å². The fourth-order valence-corrected chi connectivity index (χ4v) is 1.63. The lowest BCUT2D eigenvalue weighted by Gasteiger charge is -2.11. The number of hydrogen-bond acceptors (Lipinski definition) is 5. The first-order valence-electron chi connectivity index (χ1n) is 5.79. The Morgan fingerprint density at radius 2 is 2.19 bits per heavy atom. The lowest BCUT2D eigenvalue weighted by Crippen LogP contribution is -2.27. The van der Waals surface area contributed by atoms with Gasteiger partial charge in [0.15, 0.2) is 5.82 Å². The van der Waals surface area contributed by atoms with E-state index in [4.69, 9.17) is 4.52 Å². The lowest BCUT2D eigenvalue weighted by atomic mass is 10.1. The van der Waals surface area contributed by atoms with E-state index in [1.807, 2.05) is 26.0 Å². The predicted molar refractivity (Wildman–Crippen MR) is 63.1 cm³/mol. The Bertz CT molecular complexity index is 298. The van der Waals surface area contributed by atoms with E-state index in [-0.39, 0.29) is 0 Å². The fraction of sp³-hybridized carbons (Fsp3) is 0.818. The summed E-state index contributed by atoms with van der Waals surface area (Å²) in [4.78, 5) is 6.39. The van der Waals surface area contributed by atoms with E-state index in [2.05, 4.69) is 22.4 Å². The van der Waals surface area contributed by atoms with Crippen LogP contribution in [-0.2, 0) is 13.0 Å². The van der Waals surface area contributed by atoms with Gasteiger partial charge in [-0.25, -0.2) is 0 Å². The minimum Gasteiger partial charge on any atom is -0.339 e. The van der Waals surface area contributed by atoms with Gasteiger partial charge in [0.25, 0.3) is 0 Å². The van der Waals surface area contributed by atoms with Crippen molar-refractivity contribution in [3.8, 4) is 0 Å². The Morgan fingerprint density at radius 3 is 2.75 bits per heavy atom. The molecule has 1 aromatic heterocycles. The SMILES string of the molecule is CCCC(Cc1nc(CN(C)C)no1)NC. The van der Waals surface area contributed by atoms with E-state index in [9.17, 15) is 0 Å². The number of likely N-dealkylation sites (N-methyl/N-ethyl adjacent to an activating group) is 1. The summed E-state index contributed by atoms with van der Waals surface area (Å²) >= 11 is 0. The second-order valence-corrected chi connectivity index (χ2v) is 4.32. The van der Waals surface area contributed by atoms with Gasteiger partial charge in [0.1, 0.15) is 0 Å². The summed E-state index contributed by atoms with van der Waals surface area (Å²) in [6, 6.07) is 0.428. The molecule has 5 nitrogen and oxygen atoms in total. The molecule has 0 aromatic carbocycles. The molecule has 0 amide bonds. The molecule has 1 N–H and O–H groups in total. The summed E-state index contributed by atoms with van der Waals surface area (Å²) in [5, 5.41) is 7.21. The van der Waals surface area contributed by atoms with Crippen molar-refractivity contribution in [3.63, 3.8) is 0 Å². The van der Waals surface area contributed by atoms with Crippen molar-refractivity contribution in [2.24, 2.45) is 0 Å². The van der Waals surface area contributed by atoms with Crippen LogP contribution in [0.2, 0.25) is 0 Å². The number of nitrogens with one attached hydrogen (secondary N) is 1. The first-order chi connectivity index (χ1) is 7.65. The van der Waals surface area contributed by atoms with Crippen LogP contribution in [0.1, 0.15) is 31.5 Å². The number of nitrogens with zero attached hydrogens (tertiary/aromatic N) is 3. The van der Waals surface area contributed by atoms with Crippen LogP contribution in [0.4, 0.5) is 0 Å². The lowest BCUT2D eigenvalue weighted by molar-refractivity contribution is 0.338. The Kier molecular flexibility index (Phi) is 5.42. The topological polar surface area (TPSA) is 54.2 Å². The van der Waals surface area contributed by atoms with Crippen LogP contribution >= 0.6 is 0 Å². The number of rotatable bonds is 7. The number of aromatic nitrogens is 2. The highest BCUT2D eigenvalue weighted by Crippen LogP contribution is 2.06. The minimum absolute atomic E-state index is 0.428. The van der Waals surface area contributed by atoms with Gasteiger partial charge in [-0.05, 0) is 27.6 Å². The van der Waals surface area contributed by atoms with E-state index < -0.39 is 0 Å². The third-order valence-electron chi connectivity index (χ3n) is 2.43. The van der Waals surface area contributed by atoms with E-state index in [1.54, 1.807) is 0 Å². The van der Waals surface area contributed by atoms with Crippen molar-refractivity contribution in [1.82, 2.24) is 20.4 Å². The van der Waals surface area contributed by atoms with Gasteiger partial charge in [0, 0.05) is 12.5 Å². The summed E-state index contributed by atoms with van der Waals surface area (Å²) in [5.74, 6) is 1.48. The summed E-state index contributed by atoms with van der Waals surface area (Å²) in [5.41, 5.74) is 0. The van der Waals surface area contributed by atoms with Crippen molar-refractivity contribution < 1.29 is 4.52 Å². The number of hydrogen-bond donors (Lipinski definition) is 1. The average molecular weight is 226 g/mol. The smallest absolute Gasteiger partial charge is 0.228 e. The second kappa shape index (κ2) is 6.60. The standard InChI is InChI=1S/C11H22N4O/c1-5-6-9(12-2)7-11-13-10(14-16-11)8-15(3)4/h9,12H,5-8H2,1-4H3. The molecule has 0 radical (unpaired) electrons. The van der Waals surface area contributed by atoms with Gasteiger partial charge in [-0.3, -0.25) is 0 Å². The quantitative estimate of drug-likeness (QED) is 0.753. The van der Waals surface area contributed by atoms with Crippen LogP contribution in [0.5, 0.6) is 0 Å². The molecule has 16 heavy (non-hydrogen) atoms. The normalized spacial score (nSPS) is 13.3. The van der Waals surface area contributed by atoms with Crippen molar-refractivity contribution in [3.05, 3.63) is 11.7 Å². The largest absolute Gasteiger partial charge is 0.339 e. The van der Waals surface area contributed by atoms with Gasteiger partial charge in [-0.2, -0.15) is 4.98 Å². The molecule has 0 aliphatic carbocycles. The van der Waals surface area contributed by atoms with Gasteiger partial charge in [-0.15, -0.1) is 0 Å². The van der Waals surface area contributed by atoms with Gasteiger partial charge < -0.3 is 14.7 Å². The molecule has 1 atom stereocenters. The maximum absolute atomic E-state index is 5.22. The third-order valence-corrected chi connectivity index (χ3v) is 2.43. The second-order valence-electron chi connectivity index (χ2n) is 4.32. The van der Waals surface area contributed by atoms with Gasteiger partial charge in [0.2, 0.25) is 5.89 Å². The van der Waals surface area contributed by atoms with Gasteiger partial charge in [-0.1, -0.05) is 18.5 Å². The average Bonchev–Trinajstić information content (AvgIpc) is 2.64. The highest BCUT2D eigenvalue weighted by molar-refractivity contribution is 4.89. The van der Waals surface area contributed by atoms with Crippen LogP contribution in [0.25, 0.3) is 0 Å². The molecule has 5 heteroatoms. The monoisotopic (exact) mass is 226 g/mol. The maximum Gasteiger partial charge on any atom is 0.228 e. The molecular formula is C11H22N4O. The molecule has 0 aliphatic heterocycles. The Balaban J connectivity index is 2.50. The summed E-state index contributed by atoms with van der Waals surface area (Å²) in [6.45, 7) is 2.90. The first kappa shape index (κ1) is 13.1. The van der Waals surface area contributed by atoms with Gasteiger partial charge >= 0.3 is 0 Å². The van der Waals surface area contributed by atoms with Crippen molar-refractivity contribution in [2.75, 3.05) is 21.1 Å². The zero-order valence-corrected chi connectivity index (χ0v) is 10.7. The highest BCUT2D eigenvalue weighted by atomic mass is 16.5. The molecule has 92 valence electrons. The Hall–Kier alpha value is -0.940. The summed E-state index contributed by atoms with van der Waals surface area (Å²) in [6.07, 6.45) is 3.09. The van der Waals surface area contributed by atoms with Crippen LogP contribution in [0.15, 0.2) is 4.52 Å². The molecule has 0 saturated heterocycles. The zero-order valence-electron chi connectivity index (χ0n) is 10.7. The van der Waals surface area contributed by atoms with E-state index >= 15 is 0 Å². The van der Waals surface area contributed by atoms with Crippen molar-refractivity contribution >= 4 is 0 Å². The Labute approximate surface area is 97.2 Å². The van der Waals surface area contributed by atoms with Gasteiger partial charge in [0.05, 0.1) is 6.54 Å². The highest BCUT2D eigenvalue weighted by Gasteiger charge is 2.12. The summed E-state index contributed by atoms with van der Waals surface area (Å²) in [7, 11) is 5.95. The van der Waals surface area contributed by atoms with Crippen LogP contribution < -0.4 is 5.32 Å². The molecule has 1 unspecified atom stereocenters. The van der Waals surface area contributed by atoms with E-state index in [1.165, 1.54) is 0 Å². The molecule has 0 fully saturated rings. The van der Waals surface area contributed by atoms with Crippen LogP contribution in [0, 0.1) is 0 Å².